The smallest absolute Gasteiger partial charge is 0.313 e. The Kier molecular flexibility index (Phi) is 6.59. The topological polar surface area (TPSA) is 61.8 Å². The van der Waals surface area contributed by atoms with Crippen LogP contribution in [0.15, 0.2) is 72.8 Å². The molecule has 0 saturated heterocycles. The van der Waals surface area contributed by atoms with Gasteiger partial charge in [0.15, 0.2) is 5.78 Å². The van der Waals surface area contributed by atoms with Gasteiger partial charge in [0, 0.05) is 10.8 Å². The SMILES string of the molecule is CCOC(=O)CC(=O)C(c1ccc(OC)c2ccccc12)c1ccc(OC)c2ccccc12. The van der Waals surface area contributed by atoms with Crippen molar-refractivity contribution in [2.24, 2.45) is 0 Å². The zero-order valence-corrected chi connectivity index (χ0v) is 19.0. The number of carbonyl (C=O) groups is 2. The Bertz CT molecular complexity index is 1240. The monoisotopic (exact) mass is 442 g/mol. The quantitative estimate of drug-likeness (QED) is 0.260. The van der Waals surface area contributed by atoms with Crippen LogP contribution >= 0.6 is 0 Å². The van der Waals surface area contributed by atoms with E-state index in [9.17, 15) is 9.59 Å². The molecule has 0 saturated carbocycles. The second-order valence-electron chi connectivity index (χ2n) is 7.69. The summed E-state index contributed by atoms with van der Waals surface area (Å²) in [5, 5.41) is 3.62. The molecule has 0 spiro atoms. The molecule has 0 unspecified atom stereocenters. The molecule has 0 aliphatic heterocycles. The molecule has 0 radical (unpaired) electrons. The van der Waals surface area contributed by atoms with Crippen LogP contribution < -0.4 is 9.47 Å². The van der Waals surface area contributed by atoms with Gasteiger partial charge in [0.05, 0.1) is 26.7 Å². The van der Waals surface area contributed by atoms with Crippen LogP contribution in [0.2, 0.25) is 0 Å². The number of fused-ring (bicyclic) bond motifs is 2. The Morgan fingerprint density at radius 2 is 1.15 bits per heavy atom. The van der Waals surface area contributed by atoms with E-state index in [2.05, 4.69) is 0 Å². The number of hydrogen-bond acceptors (Lipinski definition) is 5. The average molecular weight is 443 g/mol. The van der Waals surface area contributed by atoms with E-state index in [1.807, 2.05) is 72.8 Å². The number of ketones is 1. The van der Waals surface area contributed by atoms with E-state index in [0.29, 0.717) is 0 Å². The summed E-state index contributed by atoms with van der Waals surface area (Å²) in [4.78, 5) is 25.9. The number of methoxy groups -OCH3 is 2. The van der Waals surface area contributed by atoms with Crippen LogP contribution in [0.25, 0.3) is 21.5 Å². The van der Waals surface area contributed by atoms with Gasteiger partial charge < -0.3 is 14.2 Å². The third kappa shape index (κ3) is 4.27. The number of carbonyl (C=O) groups excluding carboxylic acids is 2. The maximum Gasteiger partial charge on any atom is 0.313 e. The summed E-state index contributed by atoms with van der Waals surface area (Å²) in [5.74, 6) is 0.0410. The lowest BCUT2D eigenvalue weighted by molar-refractivity contribution is -0.145. The molecule has 4 rings (SSSR count). The van der Waals surface area contributed by atoms with Crippen molar-refractivity contribution in [3.05, 3.63) is 83.9 Å². The number of benzene rings is 4. The predicted octanol–water partition coefficient (Wildman–Crippen LogP) is 5.66. The molecule has 0 aromatic heterocycles. The van der Waals surface area contributed by atoms with Crippen molar-refractivity contribution in [2.75, 3.05) is 20.8 Å². The van der Waals surface area contributed by atoms with Gasteiger partial charge >= 0.3 is 5.97 Å². The van der Waals surface area contributed by atoms with E-state index in [4.69, 9.17) is 14.2 Å². The minimum atomic E-state index is -0.666. The minimum Gasteiger partial charge on any atom is -0.496 e. The van der Waals surface area contributed by atoms with E-state index in [0.717, 1.165) is 44.2 Å². The Labute approximate surface area is 192 Å². The van der Waals surface area contributed by atoms with Crippen molar-refractivity contribution in [1.82, 2.24) is 0 Å². The number of rotatable bonds is 8. The molecule has 4 aromatic rings. The number of Topliss-reactive ketones (excluding diaryl/α,β-unsaturated/α-hetero) is 1. The first-order valence-corrected chi connectivity index (χ1v) is 10.9. The minimum absolute atomic E-state index is 0.223. The van der Waals surface area contributed by atoms with Gasteiger partial charge in [-0.25, -0.2) is 0 Å². The molecular formula is C28H26O5. The number of hydrogen-bond donors (Lipinski definition) is 0. The summed E-state index contributed by atoms with van der Waals surface area (Å²) in [5.41, 5.74) is 1.63. The Morgan fingerprint density at radius 3 is 1.58 bits per heavy atom. The fraction of sp³-hybridized carbons (Fsp3) is 0.214. The zero-order valence-electron chi connectivity index (χ0n) is 19.0. The molecule has 0 bridgehead atoms. The largest absolute Gasteiger partial charge is 0.496 e. The second-order valence-corrected chi connectivity index (χ2v) is 7.69. The Morgan fingerprint density at radius 1 is 0.697 bits per heavy atom. The summed E-state index contributed by atoms with van der Waals surface area (Å²) in [7, 11) is 3.25. The van der Waals surface area contributed by atoms with Crippen molar-refractivity contribution in [1.29, 1.82) is 0 Å². The van der Waals surface area contributed by atoms with Crippen LogP contribution in [0.5, 0.6) is 11.5 Å². The van der Waals surface area contributed by atoms with Gasteiger partial charge in [0.25, 0.3) is 0 Å². The van der Waals surface area contributed by atoms with Crippen molar-refractivity contribution in [3.8, 4) is 11.5 Å². The second kappa shape index (κ2) is 9.74. The molecule has 33 heavy (non-hydrogen) atoms. The van der Waals surface area contributed by atoms with Crippen molar-refractivity contribution in [2.45, 2.75) is 19.3 Å². The van der Waals surface area contributed by atoms with Gasteiger partial charge in [-0.15, -0.1) is 0 Å². The molecule has 0 aliphatic carbocycles. The summed E-state index contributed by atoms with van der Waals surface area (Å²) in [6.07, 6.45) is -0.306. The lowest BCUT2D eigenvalue weighted by atomic mass is 9.81. The molecule has 0 heterocycles. The van der Waals surface area contributed by atoms with E-state index < -0.39 is 11.9 Å². The first-order valence-electron chi connectivity index (χ1n) is 10.9. The summed E-state index contributed by atoms with van der Waals surface area (Å²) < 4.78 is 16.2. The molecule has 0 atom stereocenters. The van der Waals surface area contributed by atoms with Gasteiger partial charge in [0.2, 0.25) is 0 Å². The van der Waals surface area contributed by atoms with Crippen LogP contribution in [0.1, 0.15) is 30.4 Å². The third-order valence-electron chi connectivity index (χ3n) is 5.84. The number of esters is 1. The zero-order chi connectivity index (χ0) is 23.4. The molecule has 0 amide bonds. The van der Waals surface area contributed by atoms with Gasteiger partial charge in [0.1, 0.15) is 17.9 Å². The highest BCUT2D eigenvalue weighted by atomic mass is 16.5. The van der Waals surface area contributed by atoms with E-state index >= 15 is 0 Å². The van der Waals surface area contributed by atoms with Crippen molar-refractivity contribution >= 4 is 33.3 Å². The van der Waals surface area contributed by atoms with E-state index in [-0.39, 0.29) is 18.8 Å². The molecule has 168 valence electrons. The molecule has 4 aromatic carbocycles. The summed E-state index contributed by atoms with van der Waals surface area (Å²) in [6, 6.07) is 23.2. The van der Waals surface area contributed by atoms with Crippen LogP contribution in [-0.2, 0) is 14.3 Å². The summed E-state index contributed by atoms with van der Waals surface area (Å²) in [6.45, 7) is 1.96. The first kappa shape index (κ1) is 22.3. The highest BCUT2D eigenvalue weighted by Gasteiger charge is 2.29. The molecule has 5 heteroatoms. The van der Waals surface area contributed by atoms with Crippen LogP contribution in [0, 0.1) is 0 Å². The fourth-order valence-corrected chi connectivity index (χ4v) is 4.42. The van der Waals surface area contributed by atoms with Gasteiger partial charge in [-0.05, 0) is 41.0 Å². The van der Waals surface area contributed by atoms with Crippen LogP contribution in [0.3, 0.4) is 0 Å². The highest BCUT2D eigenvalue weighted by molar-refractivity contribution is 6.06. The van der Waals surface area contributed by atoms with Gasteiger partial charge in [-0.3, -0.25) is 9.59 Å². The Hall–Kier alpha value is -3.86. The lowest BCUT2D eigenvalue weighted by Crippen LogP contribution is -2.20. The maximum atomic E-state index is 13.7. The summed E-state index contributed by atoms with van der Waals surface area (Å²) >= 11 is 0. The molecular weight excluding hydrogens is 416 g/mol. The predicted molar refractivity (Wildman–Crippen MR) is 129 cm³/mol. The maximum absolute atomic E-state index is 13.7. The molecule has 0 N–H and O–H groups in total. The van der Waals surface area contributed by atoms with Crippen LogP contribution in [-0.4, -0.2) is 32.6 Å². The molecule has 0 aliphatic rings. The Balaban J connectivity index is 1.98. The van der Waals surface area contributed by atoms with Gasteiger partial charge in [-0.1, -0.05) is 60.7 Å². The standard InChI is InChI=1S/C28H26O5/c1-4-33-27(30)17-24(29)28(22-13-15-25(31-2)20-11-7-5-9-18(20)22)23-14-16-26(32-3)21-12-8-6-10-19(21)23/h5-16,28H,4,17H2,1-3H3. The molecule has 0 fully saturated rings. The van der Waals surface area contributed by atoms with E-state index in [1.165, 1.54) is 0 Å². The lowest BCUT2D eigenvalue weighted by Gasteiger charge is -2.22. The van der Waals surface area contributed by atoms with Crippen LogP contribution in [0.4, 0.5) is 0 Å². The van der Waals surface area contributed by atoms with Crippen molar-refractivity contribution < 1.29 is 23.8 Å². The molecule has 5 nitrogen and oxygen atoms in total. The van der Waals surface area contributed by atoms with E-state index in [1.54, 1.807) is 21.1 Å². The normalized spacial score (nSPS) is 11.0. The van der Waals surface area contributed by atoms with Crippen molar-refractivity contribution in [3.63, 3.8) is 0 Å². The third-order valence-corrected chi connectivity index (χ3v) is 5.84. The highest BCUT2D eigenvalue weighted by Crippen LogP contribution is 2.40. The number of ether oxygens (including phenoxy) is 3. The first-order chi connectivity index (χ1) is 16.1. The fourth-order valence-electron chi connectivity index (χ4n) is 4.42. The average Bonchev–Trinajstić information content (AvgIpc) is 2.84. The van der Waals surface area contributed by atoms with Gasteiger partial charge in [-0.2, -0.15) is 0 Å².